The van der Waals surface area contributed by atoms with Gasteiger partial charge in [-0.25, -0.2) is 4.57 Å². The number of nitrogens with one attached hydrogen (secondary N) is 1. The Kier molecular flexibility index (Phi) is 36.2. The van der Waals surface area contributed by atoms with E-state index in [-0.39, 0.29) is 19.1 Å². The number of phosphoric acid groups is 1. The minimum absolute atomic E-state index is 0.0595. The second kappa shape index (κ2) is 38.0. The van der Waals surface area contributed by atoms with E-state index in [1.54, 1.807) is 0 Å². The van der Waals surface area contributed by atoms with Crippen LogP contribution in [-0.4, -0.2) is 73.4 Å². The van der Waals surface area contributed by atoms with Crippen LogP contribution >= 0.6 is 7.82 Å². The van der Waals surface area contributed by atoms with Crippen LogP contribution in [0, 0.1) is 0 Å². The standard InChI is InChI=1S/C47H81N2O6P/c1-6-8-10-12-14-15-16-17-18-19-20-21-22-23-24-25-26-27-28-29-30-31-32-33-35-37-39-41-47(51)48-45(46(50)40-38-36-34-13-11-9-7-2)44-55-56(52,53)54-43-42-49(3,4)5/h8,10,14-15,17-18,20-21,23-24,26-27,29-30,32-33,45-46,50H,6-7,9,11-13,16,19,22,25,28,31,34-44H2,1-5H3,(H-,48,51,52,53)/p+1/b10-8-,15-14-,18-17-,21-20-,24-23-,27-26-,30-29-,33-32-. The average molecular weight is 802 g/mol. The summed E-state index contributed by atoms with van der Waals surface area (Å²) in [5.74, 6) is -0.197. The van der Waals surface area contributed by atoms with Crippen molar-refractivity contribution in [2.24, 2.45) is 0 Å². The third kappa shape index (κ3) is 39.6. The van der Waals surface area contributed by atoms with Crippen molar-refractivity contribution in [1.82, 2.24) is 5.32 Å². The Morgan fingerprint density at radius 3 is 1.54 bits per heavy atom. The molecule has 0 aromatic rings. The maximum atomic E-state index is 12.8. The Bertz CT molecular complexity index is 1230. The van der Waals surface area contributed by atoms with Crippen molar-refractivity contribution >= 4 is 13.7 Å². The largest absolute Gasteiger partial charge is 0.472 e. The lowest BCUT2D eigenvalue weighted by Gasteiger charge is -2.26. The fourth-order valence-electron chi connectivity index (χ4n) is 5.41. The SMILES string of the molecule is CC/C=C\C/C=C\C/C=C\C/C=C\C/C=C\C/C=C\C/C=C\C/C=C\CCCCC(=O)NC(COP(=O)(O)OCC[N+](C)(C)C)C(O)CCCCCCCCC. The van der Waals surface area contributed by atoms with Gasteiger partial charge in [-0.15, -0.1) is 0 Å². The molecule has 1 amide bonds. The van der Waals surface area contributed by atoms with Crippen molar-refractivity contribution < 1.29 is 32.9 Å². The molecule has 0 radical (unpaired) electrons. The predicted molar refractivity (Wildman–Crippen MR) is 239 cm³/mol. The van der Waals surface area contributed by atoms with Crippen molar-refractivity contribution in [3.8, 4) is 0 Å². The number of likely N-dealkylation sites (N-methyl/N-ethyl adjacent to an activating group) is 1. The van der Waals surface area contributed by atoms with E-state index < -0.39 is 20.0 Å². The number of hydrogen-bond acceptors (Lipinski definition) is 5. The highest BCUT2D eigenvalue weighted by atomic mass is 31.2. The third-order valence-corrected chi connectivity index (χ3v) is 9.83. The summed E-state index contributed by atoms with van der Waals surface area (Å²) < 4.78 is 23.4. The van der Waals surface area contributed by atoms with Gasteiger partial charge in [-0.2, -0.15) is 0 Å². The summed E-state index contributed by atoms with van der Waals surface area (Å²) in [6, 6.07) is -0.787. The number of aliphatic hydroxyl groups is 1. The van der Waals surface area contributed by atoms with E-state index in [0.717, 1.165) is 83.5 Å². The van der Waals surface area contributed by atoms with Crippen LogP contribution in [0.15, 0.2) is 97.2 Å². The summed E-state index contributed by atoms with van der Waals surface area (Å²) in [7, 11) is 1.56. The molecule has 0 saturated carbocycles. The molecule has 0 heterocycles. The normalized spacial score (nSPS) is 15.3. The number of carbonyl (C=O) groups excluding carboxylic acids is 1. The van der Waals surface area contributed by atoms with Crippen molar-refractivity contribution in [3.05, 3.63) is 97.2 Å². The van der Waals surface area contributed by atoms with Crippen molar-refractivity contribution in [2.45, 2.75) is 154 Å². The first-order chi connectivity index (χ1) is 27.0. The van der Waals surface area contributed by atoms with Gasteiger partial charge >= 0.3 is 7.82 Å². The van der Waals surface area contributed by atoms with Gasteiger partial charge in [0.15, 0.2) is 0 Å². The molecular weight excluding hydrogens is 719 g/mol. The Labute approximate surface area is 343 Å². The monoisotopic (exact) mass is 802 g/mol. The fraction of sp³-hybridized carbons (Fsp3) is 0.638. The smallest absolute Gasteiger partial charge is 0.391 e. The van der Waals surface area contributed by atoms with Crippen LogP contribution in [0.3, 0.4) is 0 Å². The summed E-state index contributed by atoms with van der Waals surface area (Å²) >= 11 is 0. The number of rotatable bonds is 37. The Balaban J connectivity index is 4.31. The van der Waals surface area contributed by atoms with Gasteiger partial charge in [0.2, 0.25) is 5.91 Å². The summed E-state index contributed by atoms with van der Waals surface area (Å²) in [5, 5.41) is 13.8. The van der Waals surface area contributed by atoms with Gasteiger partial charge in [0.25, 0.3) is 0 Å². The molecule has 0 aromatic carbocycles. The Hall–Kier alpha value is -2.58. The van der Waals surface area contributed by atoms with Crippen LogP contribution in [0.2, 0.25) is 0 Å². The van der Waals surface area contributed by atoms with Gasteiger partial charge in [-0.3, -0.25) is 13.8 Å². The average Bonchev–Trinajstić information content (AvgIpc) is 3.15. The molecule has 3 atom stereocenters. The molecule has 0 aliphatic carbocycles. The summed E-state index contributed by atoms with van der Waals surface area (Å²) in [6.07, 6.45) is 53.2. The molecule has 0 saturated heterocycles. The number of aliphatic hydroxyl groups excluding tert-OH is 1. The Morgan fingerprint density at radius 1 is 0.625 bits per heavy atom. The second-order valence-electron chi connectivity index (χ2n) is 15.3. The number of carbonyl (C=O) groups is 1. The summed E-state index contributed by atoms with van der Waals surface area (Å²) in [6.45, 7) is 4.65. The van der Waals surface area contributed by atoms with Crippen LogP contribution in [0.5, 0.6) is 0 Å². The van der Waals surface area contributed by atoms with Crippen molar-refractivity contribution in [1.29, 1.82) is 0 Å². The van der Waals surface area contributed by atoms with Gasteiger partial charge in [0.05, 0.1) is 39.9 Å². The van der Waals surface area contributed by atoms with Crippen molar-refractivity contribution in [3.63, 3.8) is 0 Å². The van der Waals surface area contributed by atoms with E-state index >= 15 is 0 Å². The van der Waals surface area contributed by atoms with Gasteiger partial charge in [-0.1, -0.05) is 156 Å². The highest BCUT2D eigenvalue weighted by molar-refractivity contribution is 7.47. The minimum Gasteiger partial charge on any atom is -0.391 e. The number of allylic oxidation sites excluding steroid dienone is 16. The molecule has 320 valence electrons. The topological polar surface area (TPSA) is 105 Å². The van der Waals surface area contributed by atoms with Gasteiger partial charge in [0, 0.05) is 6.42 Å². The maximum absolute atomic E-state index is 12.8. The predicted octanol–water partition coefficient (Wildman–Crippen LogP) is 12.0. The van der Waals surface area contributed by atoms with Crippen LogP contribution < -0.4 is 5.32 Å². The highest BCUT2D eigenvalue weighted by Crippen LogP contribution is 2.43. The third-order valence-electron chi connectivity index (χ3n) is 8.85. The van der Waals surface area contributed by atoms with Gasteiger partial charge in [0.1, 0.15) is 13.2 Å². The molecular formula is C47H82N2O6P+. The lowest BCUT2D eigenvalue weighted by atomic mass is 10.0. The molecule has 3 unspecified atom stereocenters. The molecule has 56 heavy (non-hydrogen) atoms. The first-order valence-electron chi connectivity index (χ1n) is 21.6. The zero-order valence-corrected chi connectivity index (χ0v) is 37.0. The van der Waals surface area contributed by atoms with Crippen LogP contribution in [0.4, 0.5) is 0 Å². The van der Waals surface area contributed by atoms with Crippen LogP contribution in [0.1, 0.15) is 142 Å². The van der Waals surface area contributed by atoms with E-state index in [1.165, 1.54) is 25.7 Å². The summed E-state index contributed by atoms with van der Waals surface area (Å²) in [5.41, 5.74) is 0. The molecule has 8 nitrogen and oxygen atoms in total. The number of amides is 1. The molecule has 0 spiro atoms. The van der Waals surface area contributed by atoms with E-state index in [9.17, 15) is 19.4 Å². The zero-order valence-electron chi connectivity index (χ0n) is 36.1. The lowest BCUT2D eigenvalue weighted by molar-refractivity contribution is -0.870. The highest BCUT2D eigenvalue weighted by Gasteiger charge is 2.28. The number of hydrogen-bond donors (Lipinski definition) is 3. The number of unbranched alkanes of at least 4 members (excludes halogenated alkanes) is 8. The number of quaternary nitrogens is 1. The van der Waals surface area contributed by atoms with E-state index in [0.29, 0.717) is 30.3 Å². The van der Waals surface area contributed by atoms with Crippen LogP contribution in [0.25, 0.3) is 0 Å². The fourth-order valence-corrected chi connectivity index (χ4v) is 6.15. The molecule has 9 heteroatoms. The van der Waals surface area contributed by atoms with Crippen LogP contribution in [-0.2, 0) is 18.4 Å². The zero-order chi connectivity index (χ0) is 41.4. The van der Waals surface area contributed by atoms with Gasteiger partial charge < -0.3 is 19.8 Å². The first kappa shape index (κ1) is 53.4. The molecule has 0 rings (SSSR count). The van der Waals surface area contributed by atoms with E-state index in [4.69, 9.17) is 9.05 Å². The van der Waals surface area contributed by atoms with Crippen molar-refractivity contribution in [2.75, 3.05) is 40.9 Å². The number of phosphoric ester groups is 1. The maximum Gasteiger partial charge on any atom is 0.472 e. The Morgan fingerprint density at radius 2 is 1.07 bits per heavy atom. The minimum atomic E-state index is -4.32. The second-order valence-corrected chi connectivity index (χ2v) is 16.8. The van der Waals surface area contributed by atoms with Gasteiger partial charge in [-0.05, 0) is 77.0 Å². The quantitative estimate of drug-likeness (QED) is 0.0250. The molecule has 0 fully saturated rings. The van der Waals surface area contributed by atoms with E-state index in [1.807, 2.05) is 21.1 Å². The molecule has 3 N–H and O–H groups in total. The summed E-state index contributed by atoms with van der Waals surface area (Å²) in [4.78, 5) is 23.0. The molecule has 0 aliphatic heterocycles. The number of nitrogens with zero attached hydrogens (tertiary/aromatic N) is 1. The lowest BCUT2D eigenvalue weighted by Crippen LogP contribution is -2.46. The first-order valence-corrected chi connectivity index (χ1v) is 23.1. The molecule has 0 bridgehead atoms. The molecule has 0 aliphatic rings. The molecule has 0 aromatic heterocycles. The van der Waals surface area contributed by atoms with E-state index in [2.05, 4.69) is 116 Å².